The molecule has 0 rings (SSSR count). The topological polar surface area (TPSA) is 99.3 Å². The Kier molecular flexibility index (Phi) is 132. The zero-order valence-electron chi connectivity index (χ0n) is 3.11. The summed E-state index contributed by atoms with van der Waals surface area (Å²) in [6.07, 6.45) is 0. The predicted octanol–water partition coefficient (Wildman–Crippen LogP) is -0.632. The molecule has 0 saturated carbocycles. The molecule has 0 aliphatic rings. The van der Waals surface area contributed by atoms with E-state index in [0.29, 0.717) is 0 Å². The molecular weight excluding hydrogens is 171 g/mol. The summed E-state index contributed by atoms with van der Waals surface area (Å²) < 4.78 is 0. The van der Waals surface area contributed by atoms with Crippen molar-refractivity contribution in [1.29, 1.82) is 0 Å². The molecule has 0 aromatic carbocycles. The SMILES string of the molecule is O=NO.O=NO.[SeH2]. The summed E-state index contributed by atoms with van der Waals surface area (Å²) in [6.45, 7) is 0. The molecule has 0 saturated heterocycles. The van der Waals surface area contributed by atoms with Crippen molar-refractivity contribution in [3.63, 3.8) is 0 Å². The summed E-state index contributed by atoms with van der Waals surface area (Å²) in [4.78, 5) is 16.2. The standard InChI is InChI=1S/2HNO2.H2Se/c2*2-1-3;/h2*(H,2,3);1H2. The molecule has 0 unspecified atom stereocenters. The van der Waals surface area contributed by atoms with Crippen LogP contribution in [0.2, 0.25) is 0 Å². The second kappa shape index (κ2) is 57.0. The van der Waals surface area contributed by atoms with Gasteiger partial charge in [0.25, 0.3) is 0 Å². The van der Waals surface area contributed by atoms with Crippen molar-refractivity contribution < 1.29 is 10.4 Å². The fraction of sp³-hybridized carbons (Fsp3) is 0. The molecular formula is H4N2O4Se. The van der Waals surface area contributed by atoms with E-state index in [-0.39, 0.29) is 17.1 Å². The molecule has 44 valence electrons. The average molecular weight is 175 g/mol. The number of hydrogen-bond donors (Lipinski definition) is 2. The number of hydrogen-bond acceptors (Lipinski definition) is 4. The van der Waals surface area contributed by atoms with Gasteiger partial charge in [0, 0.05) is 0 Å². The van der Waals surface area contributed by atoms with E-state index in [2.05, 4.69) is 0 Å². The molecule has 7 heavy (non-hydrogen) atoms. The third-order valence-corrected chi connectivity index (χ3v) is 0. The molecule has 0 aromatic heterocycles. The number of rotatable bonds is 0. The van der Waals surface area contributed by atoms with Gasteiger partial charge in [0.15, 0.2) is 10.7 Å². The van der Waals surface area contributed by atoms with Gasteiger partial charge in [-0.15, -0.1) is 9.81 Å². The minimum absolute atomic E-state index is 0. The van der Waals surface area contributed by atoms with Crippen molar-refractivity contribution >= 4 is 17.1 Å². The van der Waals surface area contributed by atoms with Crippen LogP contribution in [0.5, 0.6) is 0 Å². The van der Waals surface area contributed by atoms with Gasteiger partial charge in [-0.05, 0) is 0 Å². The average Bonchev–Trinajstić information content (AvgIpc) is 1.39. The van der Waals surface area contributed by atoms with E-state index < -0.39 is 0 Å². The van der Waals surface area contributed by atoms with Crippen molar-refractivity contribution in [1.82, 2.24) is 0 Å². The van der Waals surface area contributed by atoms with Crippen LogP contribution in [0.15, 0.2) is 10.7 Å². The monoisotopic (exact) mass is 176 g/mol. The molecule has 0 amide bonds. The van der Waals surface area contributed by atoms with Crippen molar-refractivity contribution in [3.05, 3.63) is 9.81 Å². The Balaban J connectivity index is -0.0000000400. The van der Waals surface area contributed by atoms with Crippen LogP contribution in [0, 0.1) is 9.81 Å². The summed E-state index contributed by atoms with van der Waals surface area (Å²) in [5, 5.41) is 15.8. The molecule has 0 aromatic rings. The van der Waals surface area contributed by atoms with Gasteiger partial charge >= 0.3 is 17.1 Å². The Labute approximate surface area is 48.9 Å². The molecule has 6 nitrogen and oxygen atoms in total. The van der Waals surface area contributed by atoms with E-state index in [1.807, 2.05) is 0 Å². The van der Waals surface area contributed by atoms with E-state index in [0.717, 1.165) is 0 Å². The van der Waals surface area contributed by atoms with Crippen molar-refractivity contribution in [2.24, 2.45) is 10.7 Å². The van der Waals surface area contributed by atoms with E-state index in [1.54, 1.807) is 0 Å². The van der Waals surface area contributed by atoms with Crippen LogP contribution in [-0.4, -0.2) is 27.5 Å². The third kappa shape index (κ3) is 127. The summed E-state index contributed by atoms with van der Waals surface area (Å²) in [5.41, 5.74) is 0. The normalized spacial score (nSPS) is 3.43. The van der Waals surface area contributed by atoms with Gasteiger partial charge in [-0.25, -0.2) is 0 Å². The summed E-state index contributed by atoms with van der Waals surface area (Å²) >= 11 is 0. The molecule has 0 fully saturated rings. The first-order valence-electron chi connectivity index (χ1n) is 0.765. The van der Waals surface area contributed by atoms with Gasteiger partial charge in [0.1, 0.15) is 0 Å². The Hall–Kier alpha value is -0.681. The first kappa shape index (κ1) is 16.2. The second-order valence-corrected chi connectivity index (χ2v) is 0.163. The molecule has 0 radical (unpaired) electrons. The second-order valence-electron chi connectivity index (χ2n) is 0.163. The maximum atomic E-state index is 8.11. The van der Waals surface area contributed by atoms with Crippen LogP contribution in [0.25, 0.3) is 0 Å². The molecule has 0 heterocycles. The molecule has 0 bridgehead atoms. The van der Waals surface area contributed by atoms with E-state index in [4.69, 9.17) is 20.2 Å². The van der Waals surface area contributed by atoms with Crippen LogP contribution in [0.4, 0.5) is 0 Å². The van der Waals surface area contributed by atoms with Gasteiger partial charge in [-0.3, -0.25) is 0 Å². The Bertz CT molecular complexity index is 30.7. The maximum absolute atomic E-state index is 8.11. The van der Waals surface area contributed by atoms with Crippen LogP contribution in [-0.2, 0) is 0 Å². The van der Waals surface area contributed by atoms with E-state index in [9.17, 15) is 0 Å². The Morgan fingerprint density at radius 2 is 1.00 bits per heavy atom. The Morgan fingerprint density at radius 3 is 1.00 bits per heavy atom. The van der Waals surface area contributed by atoms with Crippen LogP contribution >= 0.6 is 0 Å². The van der Waals surface area contributed by atoms with Crippen LogP contribution in [0.3, 0.4) is 0 Å². The van der Waals surface area contributed by atoms with Gasteiger partial charge in [-0.1, -0.05) is 0 Å². The van der Waals surface area contributed by atoms with Gasteiger partial charge in [0.2, 0.25) is 0 Å². The van der Waals surface area contributed by atoms with E-state index in [1.165, 1.54) is 10.7 Å². The van der Waals surface area contributed by atoms with Crippen molar-refractivity contribution in [2.75, 3.05) is 0 Å². The fourth-order valence-corrected chi connectivity index (χ4v) is 0. The summed E-state index contributed by atoms with van der Waals surface area (Å²) in [6, 6.07) is 0. The first-order chi connectivity index (χ1) is 2.83. The third-order valence-electron chi connectivity index (χ3n) is 0. The Morgan fingerprint density at radius 1 is 1.00 bits per heavy atom. The van der Waals surface area contributed by atoms with Crippen LogP contribution < -0.4 is 0 Å². The zero-order valence-corrected chi connectivity index (χ0v) is 5.20. The minimum atomic E-state index is 0. The van der Waals surface area contributed by atoms with Crippen LogP contribution in [0.1, 0.15) is 0 Å². The quantitative estimate of drug-likeness (QED) is 0.290. The van der Waals surface area contributed by atoms with E-state index >= 15 is 0 Å². The molecule has 0 aliphatic heterocycles. The molecule has 0 spiro atoms. The van der Waals surface area contributed by atoms with Gasteiger partial charge < -0.3 is 10.4 Å². The van der Waals surface area contributed by atoms with Gasteiger partial charge in [0.05, 0.1) is 0 Å². The zero-order chi connectivity index (χ0) is 5.41. The first-order valence-corrected chi connectivity index (χ1v) is 0.765. The fourth-order valence-electron chi connectivity index (χ4n) is 0. The molecule has 2 N–H and O–H groups in total. The van der Waals surface area contributed by atoms with Crippen molar-refractivity contribution in [3.8, 4) is 0 Å². The summed E-state index contributed by atoms with van der Waals surface area (Å²) in [7, 11) is 0. The molecule has 0 atom stereocenters. The number of nitrogens with zero attached hydrogens (tertiary/aromatic N) is 2. The molecule has 0 aliphatic carbocycles. The molecule has 7 heteroatoms. The van der Waals surface area contributed by atoms with Gasteiger partial charge in [-0.2, -0.15) is 0 Å². The summed E-state index contributed by atoms with van der Waals surface area (Å²) in [5.74, 6) is 0. The predicted molar refractivity (Wildman–Crippen MR) is 23.7 cm³/mol. The van der Waals surface area contributed by atoms with Crippen molar-refractivity contribution in [2.45, 2.75) is 0 Å².